The molecule has 2 N–H and O–H groups in total. The molecule has 0 spiro atoms. The molecule has 2 rings (SSSR count). The van der Waals surface area contributed by atoms with Crippen molar-refractivity contribution in [3.8, 4) is 0 Å². The third-order valence-electron chi connectivity index (χ3n) is 3.02. The summed E-state index contributed by atoms with van der Waals surface area (Å²) < 4.78 is 0. The second-order valence-corrected chi connectivity index (χ2v) is 4.73. The van der Waals surface area contributed by atoms with Gasteiger partial charge in [0.2, 0.25) is 0 Å². The van der Waals surface area contributed by atoms with E-state index in [2.05, 4.69) is 16.4 Å². The molecular weight excluding hydrogens is 268 g/mol. The molecule has 0 radical (unpaired) electrons. The van der Waals surface area contributed by atoms with Crippen LogP contribution in [0.4, 0.5) is 0 Å². The summed E-state index contributed by atoms with van der Waals surface area (Å²) in [5.41, 5.74) is 2.49. The van der Waals surface area contributed by atoms with Gasteiger partial charge in [0, 0.05) is 18.3 Å². The average Bonchev–Trinajstić information content (AvgIpc) is 2.47. The fourth-order valence-corrected chi connectivity index (χ4v) is 1.98. The van der Waals surface area contributed by atoms with Gasteiger partial charge in [0.25, 0.3) is 5.91 Å². The number of nitrogens with zero attached hydrogens (tertiary/aromatic N) is 1. The van der Waals surface area contributed by atoms with E-state index in [-0.39, 0.29) is 11.6 Å². The maximum atomic E-state index is 11.9. The van der Waals surface area contributed by atoms with E-state index in [0.717, 1.165) is 12.0 Å². The largest absolute Gasteiger partial charge is 0.477 e. The molecule has 0 fully saturated rings. The SMILES string of the molecule is Cc1cccc(CCNC(=O)c2ccnc(C(=O)O)c2)c1. The lowest BCUT2D eigenvalue weighted by Gasteiger charge is -2.06. The van der Waals surface area contributed by atoms with Gasteiger partial charge in [-0.05, 0) is 31.0 Å². The highest BCUT2D eigenvalue weighted by atomic mass is 16.4. The van der Waals surface area contributed by atoms with Crippen molar-refractivity contribution in [1.82, 2.24) is 10.3 Å². The second kappa shape index (κ2) is 6.65. The zero-order valence-corrected chi connectivity index (χ0v) is 11.7. The van der Waals surface area contributed by atoms with E-state index in [9.17, 15) is 9.59 Å². The normalized spacial score (nSPS) is 10.1. The number of hydrogen-bond acceptors (Lipinski definition) is 3. The molecule has 0 saturated carbocycles. The Hall–Kier alpha value is -2.69. The number of carbonyl (C=O) groups is 2. The molecule has 1 amide bonds. The molecule has 5 heteroatoms. The van der Waals surface area contributed by atoms with E-state index < -0.39 is 5.97 Å². The number of hydrogen-bond donors (Lipinski definition) is 2. The Morgan fingerprint density at radius 3 is 2.76 bits per heavy atom. The number of pyridine rings is 1. The molecule has 108 valence electrons. The van der Waals surface area contributed by atoms with Gasteiger partial charge in [-0.25, -0.2) is 9.78 Å². The van der Waals surface area contributed by atoms with Gasteiger partial charge in [-0.15, -0.1) is 0 Å². The smallest absolute Gasteiger partial charge is 0.354 e. The first-order valence-electron chi connectivity index (χ1n) is 6.59. The Labute approximate surface area is 122 Å². The maximum absolute atomic E-state index is 11.9. The summed E-state index contributed by atoms with van der Waals surface area (Å²) in [4.78, 5) is 26.4. The number of rotatable bonds is 5. The number of aromatic nitrogens is 1. The third kappa shape index (κ3) is 4.14. The highest BCUT2D eigenvalue weighted by molar-refractivity contribution is 5.96. The lowest BCUT2D eigenvalue weighted by Crippen LogP contribution is -2.26. The fourth-order valence-electron chi connectivity index (χ4n) is 1.98. The zero-order valence-electron chi connectivity index (χ0n) is 11.7. The van der Waals surface area contributed by atoms with Gasteiger partial charge in [0.05, 0.1) is 0 Å². The van der Waals surface area contributed by atoms with Crippen LogP contribution in [0, 0.1) is 6.92 Å². The van der Waals surface area contributed by atoms with Gasteiger partial charge >= 0.3 is 5.97 Å². The van der Waals surface area contributed by atoms with Crippen molar-refractivity contribution in [2.45, 2.75) is 13.3 Å². The topological polar surface area (TPSA) is 79.3 Å². The Morgan fingerprint density at radius 2 is 2.05 bits per heavy atom. The molecule has 2 aromatic rings. The van der Waals surface area contributed by atoms with E-state index >= 15 is 0 Å². The molecule has 1 heterocycles. The molecule has 0 atom stereocenters. The Morgan fingerprint density at radius 1 is 1.24 bits per heavy atom. The number of benzene rings is 1. The van der Waals surface area contributed by atoms with Gasteiger partial charge in [0.15, 0.2) is 0 Å². The van der Waals surface area contributed by atoms with Gasteiger partial charge in [-0.1, -0.05) is 29.8 Å². The van der Waals surface area contributed by atoms with E-state index in [1.165, 1.54) is 23.9 Å². The van der Waals surface area contributed by atoms with E-state index in [1.807, 2.05) is 25.1 Å². The average molecular weight is 284 g/mol. The Bertz CT molecular complexity index is 668. The molecule has 5 nitrogen and oxygen atoms in total. The third-order valence-corrected chi connectivity index (χ3v) is 3.02. The first-order chi connectivity index (χ1) is 10.1. The summed E-state index contributed by atoms with van der Waals surface area (Å²) in [5, 5.41) is 11.6. The monoisotopic (exact) mass is 284 g/mol. The number of nitrogens with one attached hydrogen (secondary N) is 1. The van der Waals surface area contributed by atoms with Crippen LogP contribution in [0.25, 0.3) is 0 Å². The molecule has 0 bridgehead atoms. The van der Waals surface area contributed by atoms with Gasteiger partial charge < -0.3 is 10.4 Å². The highest BCUT2D eigenvalue weighted by Gasteiger charge is 2.10. The summed E-state index contributed by atoms with van der Waals surface area (Å²) in [7, 11) is 0. The summed E-state index contributed by atoms with van der Waals surface area (Å²) in [6.07, 6.45) is 2.04. The molecule has 0 saturated heterocycles. The summed E-state index contributed by atoms with van der Waals surface area (Å²) in [6.45, 7) is 2.51. The van der Waals surface area contributed by atoms with Crippen LogP contribution in [-0.4, -0.2) is 28.5 Å². The summed E-state index contributed by atoms with van der Waals surface area (Å²) in [6, 6.07) is 10.8. The lowest BCUT2D eigenvalue weighted by molar-refractivity contribution is 0.0690. The minimum absolute atomic E-state index is 0.138. The number of aryl methyl sites for hydroxylation is 1. The van der Waals surface area contributed by atoms with Crippen molar-refractivity contribution >= 4 is 11.9 Å². The fraction of sp³-hybridized carbons (Fsp3) is 0.188. The van der Waals surface area contributed by atoms with Crippen LogP contribution in [0.5, 0.6) is 0 Å². The van der Waals surface area contributed by atoms with Crippen LogP contribution in [0.3, 0.4) is 0 Å². The first-order valence-corrected chi connectivity index (χ1v) is 6.59. The second-order valence-electron chi connectivity index (χ2n) is 4.73. The molecule has 1 aromatic heterocycles. The predicted octanol–water partition coefficient (Wildman–Crippen LogP) is 2.06. The van der Waals surface area contributed by atoms with Gasteiger partial charge in [-0.3, -0.25) is 4.79 Å². The minimum atomic E-state index is -1.15. The highest BCUT2D eigenvalue weighted by Crippen LogP contribution is 2.05. The number of carbonyl (C=O) groups excluding carboxylic acids is 1. The number of amides is 1. The maximum Gasteiger partial charge on any atom is 0.354 e. The van der Waals surface area contributed by atoms with E-state index in [0.29, 0.717) is 12.1 Å². The van der Waals surface area contributed by atoms with Gasteiger partial charge in [0.1, 0.15) is 5.69 Å². The van der Waals surface area contributed by atoms with Crippen LogP contribution >= 0.6 is 0 Å². The van der Waals surface area contributed by atoms with E-state index in [4.69, 9.17) is 5.11 Å². The number of carboxylic acids is 1. The Balaban J connectivity index is 1.93. The minimum Gasteiger partial charge on any atom is -0.477 e. The van der Waals surface area contributed by atoms with Crippen LogP contribution in [0.15, 0.2) is 42.6 Å². The standard InChI is InChI=1S/C16H16N2O3/c1-11-3-2-4-12(9-11)5-7-18-15(19)13-6-8-17-14(10-13)16(20)21/h2-4,6,8-10H,5,7H2,1H3,(H,18,19)(H,20,21). The molecule has 0 unspecified atom stereocenters. The van der Waals surface area contributed by atoms with Gasteiger partial charge in [-0.2, -0.15) is 0 Å². The molecule has 0 aliphatic carbocycles. The van der Waals surface area contributed by atoms with Crippen molar-refractivity contribution in [2.24, 2.45) is 0 Å². The molecule has 21 heavy (non-hydrogen) atoms. The Kier molecular flexibility index (Phi) is 4.66. The first kappa shape index (κ1) is 14.7. The van der Waals surface area contributed by atoms with Crippen molar-refractivity contribution in [3.63, 3.8) is 0 Å². The predicted molar refractivity (Wildman–Crippen MR) is 78.4 cm³/mol. The number of carboxylic acid groups (broad SMARTS) is 1. The van der Waals surface area contributed by atoms with Crippen molar-refractivity contribution in [1.29, 1.82) is 0 Å². The molecule has 0 aliphatic rings. The van der Waals surface area contributed by atoms with Crippen LogP contribution < -0.4 is 5.32 Å². The summed E-state index contributed by atoms with van der Waals surface area (Å²) in [5.74, 6) is -1.45. The number of aromatic carboxylic acids is 1. The van der Waals surface area contributed by atoms with Crippen molar-refractivity contribution in [3.05, 3.63) is 65.0 Å². The van der Waals surface area contributed by atoms with E-state index in [1.54, 1.807) is 0 Å². The van der Waals surface area contributed by atoms with Crippen molar-refractivity contribution in [2.75, 3.05) is 6.54 Å². The van der Waals surface area contributed by atoms with Crippen LogP contribution in [0.1, 0.15) is 32.0 Å². The lowest BCUT2D eigenvalue weighted by atomic mass is 10.1. The zero-order chi connectivity index (χ0) is 15.2. The molecule has 1 aromatic carbocycles. The quantitative estimate of drug-likeness (QED) is 0.880. The summed E-state index contributed by atoms with van der Waals surface area (Å²) >= 11 is 0. The van der Waals surface area contributed by atoms with Crippen LogP contribution in [0.2, 0.25) is 0 Å². The van der Waals surface area contributed by atoms with Crippen molar-refractivity contribution < 1.29 is 14.7 Å². The molecular formula is C16H16N2O3. The van der Waals surface area contributed by atoms with Crippen LogP contribution in [-0.2, 0) is 6.42 Å². The molecule has 0 aliphatic heterocycles.